The number of likely N-dealkylation sites (tertiary alicyclic amines) is 1. The van der Waals surface area contributed by atoms with Crippen LogP contribution in [0.5, 0.6) is 0 Å². The summed E-state index contributed by atoms with van der Waals surface area (Å²) in [6.45, 7) is 6.54. The van der Waals surface area contributed by atoms with Gasteiger partial charge in [0.05, 0.1) is 5.56 Å². The van der Waals surface area contributed by atoms with E-state index in [2.05, 4.69) is 45.0 Å². The summed E-state index contributed by atoms with van der Waals surface area (Å²) in [4.78, 5) is 18.6. The molecule has 1 aliphatic heterocycles. The lowest BCUT2D eigenvalue weighted by molar-refractivity contribution is 0.0900. The summed E-state index contributed by atoms with van der Waals surface area (Å²) in [5.74, 6) is -0.0250. The van der Waals surface area contributed by atoms with Gasteiger partial charge in [-0.1, -0.05) is 0 Å². The van der Waals surface area contributed by atoms with Crippen LogP contribution in [0.15, 0.2) is 22.9 Å². The zero-order chi connectivity index (χ0) is 13.8. The van der Waals surface area contributed by atoms with E-state index in [0.29, 0.717) is 11.6 Å². The molecule has 1 saturated heterocycles. The normalized spacial score (nSPS) is 17.7. The largest absolute Gasteiger partial charge is 0.349 e. The van der Waals surface area contributed by atoms with Gasteiger partial charge in [0, 0.05) is 31.4 Å². The number of pyridine rings is 1. The van der Waals surface area contributed by atoms with Crippen LogP contribution in [0.2, 0.25) is 0 Å². The quantitative estimate of drug-likeness (QED) is 0.868. The number of hydrogen-bond donors (Lipinski definition) is 1. The standard InChI is InChI=1S/C14H20BrN3O/c1-10(2)18-7-5-12(6-8-18)17-14(19)11-3-4-13(15)16-9-11/h3-4,9-10,12H,5-8H2,1-2H3,(H,17,19). The predicted molar refractivity (Wildman–Crippen MR) is 79.1 cm³/mol. The van der Waals surface area contributed by atoms with Gasteiger partial charge >= 0.3 is 0 Å². The molecule has 0 aliphatic carbocycles. The van der Waals surface area contributed by atoms with E-state index in [1.165, 1.54) is 0 Å². The number of piperidine rings is 1. The van der Waals surface area contributed by atoms with Gasteiger partial charge in [-0.3, -0.25) is 4.79 Å². The van der Waals surface area contributed by atoms with Crippen LogP contribution in [0.1, 0.15) is 37.0 Å². The average Bonchev–Trinajstić information content (AvgIpc) is 2.40. The molecule has 5 heteroatoms. The van der Waals surface area contributed by atoms with Crippen molar-refractivity contribution in [1.29, 1.82) is 0 Å². The molecule has 0 aromatic carbocycles. The van der Waals surface area contributed by atoms with Crippen LogP contribution in [-0.4, -0.2) is 41.0 Å². The van der Waals surface area contributed by atoms with Crippen molar-refractivity contribution in [3.63, 3.8) is 0 Å². The lowest BCUT2D eigenvalue weighted by Crippen LogP contribution is -2.46. The first kappa shape index (κ1) is 14.5. The Hall–Kier alpha value is -0.940. The van der Waals surface area contributed by atoms with E-state index in [1.807, 2.05) is 0 Å². The minimum atomic E-state index is -0.0250. The zero-order valence-corrected chi connectivity index (χ0v) is 13.0. The Morgan fingerprint density at radius 1 is 1.42 bits per heavy atom. The van der Waals surface area contributed by atoms with Gasteiger partial charge in [-0.2, -0.15) is 0 Å². The molecule has 1 amide bonds. The highest BCUT2D eigenvalue weighted by atomic mass is 79.9. The summed E-state index contributed by atoms with van der Waals surface area (Å²) >= 11 is 3.26. The van der Waals surface area contributed by atoms with Gasteiger partial charge in [0.2, 0.25) is 0 Å². The lowest BCUT2D eigenvalue weighted by atomic mass is 10.0. The highest BCUT2D eigenvalue weighted by Crippen LogP contribution is 2.14. The maximum absolute atomic E-state index is 12.1. The molecule has 1 aromatic rings. The molecule has 4 nitrogen and oxygen atoms in total. The summed E-state index contributed by atoms with van der Waals surface area (Å²) in [5, 5.41) is 3.09. The van der Waals surface area contributed by atoms with E-state index < -0.39 is 0 Å². The Balaban J connectivity index is 1.85. The van der Waals surface area contributed by atoms with Crippen molar-refractivity contribution < 1.29 is 4.79 Å². The summed E-state index contributed by atoms with van der Waals surface area (Å²) in [7, 11) is 0. The van der Waals surface area contributed by atoms with Gasteiger partial charge in [-0.05, 0) is 54.8 Å². The lowest BCUT2D eigenvalue weighted by Gasteiger charge is -2.34. The number of carbonyl (C=O) groups is 1. The molecule has 1 N–H and O–H groups in total. The van der Waals surface area contributed by atoms with E-state index in [4.69, 9.17) is 0 Å². The summed E-state index contributed by atoms with van der Waals surface area (Å²) in [6.07, 6.45) is 3.64. The molecule has 2 heterocycles. The molecular weight excluding hydrogens is 306 g/mol. The molecule has 1 fully saturated rings. The highest BCUT2D eigenvalue weighted by Gasteiger charge is 2.22. The van der Waals surface area contributed by atoms with E-state index in [0.717, 1.165) is 30.5 Å². The number of halogens is 1. The number of hydrogen-bond acceptors (Lipinski definition) is 3. The number of rotatable bonds is 3. The highest BCUT2D eigenvalue weighted by molar-refractivity contribution is 9.10. The minimum Gasteiger partial charge on any atom is -0.349 e. The molecule has 0 unspecified atom stereocenters. The van der Waals surface area contributed by atoms with Crippen molar-refractivity contribution in [3.8, 4) is 0 Å². The third kappa shape index (κ3) is 4.01. The maximum atomic E-state index is 12.1. The maximum Gasteiger partial charge on any atom is 0.253 e. The molecule has 2 rings (SSSR count). The van der Waals surface area contributed by atoms with E-state index in [9.17, 15) is 4.79 Å². The number of aromatic nitrogens is 1. The minimum absolute atomic E-state index is 0.0250. The van der Waals surface area contributed by atoms with Crippen LogP contribution in [0.4, 0.5) is 0 Å². The first-order chi connectivity index (χ1) is 9.06. The fourth-order valence-electron chi connectivity index (χ4n) is 2.34. The second-order valence-electron chi connectivity index (χ2n) is 5.25. The van der Waals surface area contributed by atoms with E-state index in [-0.39, 0.29) is 11.9 Å². The number of carbonyl (C=O) groups excluding carboxylic acids is 1. The van der Waals surface area contributed by atoms with Crippen molar-refractivity contribution >= 4 is 21.8 Å². The Bertz CT molecular complexity index is 425. The van der Waals surface area contributed by atoms with Crippen LogP contribution in [0.3, 0.4) is 0 Å². The predicted octanol–water partition coefficient (Wildman–Crippen LogP) is 2.45. The van der Waals surface area contributed by atoms with Crippen LogP contribution < -0.4 is 5.32 Å². The molecule has 104 valence electrons. The Morgan fingerprint density at radius 3 is 2.63 bits per heavy atom. The van der Waals surface area contributed by atoms with Gasteiger partial charge in [0.1, 0.15) is 4.60 Å². The smallest absolute Gasteiger partial charge is 0.253 e. The first-order valence-corrected chi connectivity index (χ1v) is 7.52. The zero-order valence-electron chi connectivity index (χ0n) is 11.4. The monoisotopic (exact) mass is 325 g/mol. The fourth-order valence-corrected chi connectivity index (χ4v) is 2.57. The van der Waals surface area contributed by atoms with Crippen LogP contribution >= 0.6 is 15.9 Å². The summed E-state index contributed by atoms with van der Waals surface area (Å²) in [5.41, 5.74) is 0.620. The Labute approximate surface area is 122 Å². The number of amides is 1. The molecule has 1 aliphatic rings. The Kier molecular flexibility index (Phi) is 4.93. The SMILES string of the molecule is CC(C)N1CCC(NC(=O)c2ccc(Br)nc2)CC1. The number of nitrogens with one attached hydrogen (secondary N) is 1. The van der Waals surface area contributed by atoms with Gasteiger partial charge in [0.25, 0.3) is 5.91 Å². The topological polar surface area (TPSA) is 45.2 Å². The molecule has 19 heavy (non-hydrogen) atoms. The molecule has 0 atom stereocenters. The molecule has 0 bridgehead atoms. The average molecular weight is 326 g/mol. The van der Waals surface area contributed by atoms with Crippen molar-refractivity contribution in [3.05, 3.63) is 28.5 Å². The van der Waals surface area contributed by atoms with Crippen molar-refractivity contribution in [2.24, 2.45) is 0 Å². The molecule has 0 radical (unpaired) electrons. The molecule has 1 aromatic heterocycles. The summed E-state index contributed by atoms with van der Waals surface area (Å²) < 4.78 is 0.745. The van der Waals surface area contributed by atoms with Crippen molar-refractivity contribution in [2.45, 2.75) is 38.8 Å². The fraction of sp³-hybridized carbons (Fsp3) is 0.571. The van der Waals surface area contributed by atoms with E-state index >= 15 is 0 Å². The third-order valence-corrected chi connectivity index (χ3v) is 4.05. The molecule has 0 spiro atoms. The molecule has 0 saturated carbocycles. The van der Waals surface area contributed by atoms with Gasteiger partial charge in [0.15, 0.2) is 0 Å². The van der Waals surface area contributed by atoms with Crippen LogP contribution in [0.25, 0.3) is 0 Å². The van der Waals surface area contributed by atoms with Crippen molar-refractivity contribution in [2.75, 3.05) is 13.1 Å². The second-order valence-corrected chi connectivity index (χ2v) is 6.06. The number of nitrogens with zero attached hydrogens (tertiary/aromatic N) is 2. The molecular formula is C14H20BrN3O. The van der Waals surface area contributed by atoms with Crippen molar-refractivity contribution in [1.82, 2.24) is 15.2 Å². The summed E-state index contributed by atoms with van der Waals surface area (Å²) in [6, 6.07) is 4.45. The van der Waals surface area contributed by atoms with Gasteiger partial charge < -0.3 is 10.2 Å². The van der Waals surface area contributed by atoms with Crippen LogP contribution in [0, 0.1) is 0 Å². The van der Waals surface area contributed by atoms with Gasteiger partial charge in [-0.25, -0.2) is 4.98 Å². The first-order valence-electron chi connectivity index (χ1n) is 6.72. The van der Waals surface area contributed by atoms with Crippen LogP contribution in [-0.2, 0) is 0 Å². The second kappa shape index (κ2) is 6.48. The Morgan fingerprint density at radius 2 is 2.11 bits per heavy atom. The van der Waals surface area contributed by atoms with E-state index in [1.54, 1.807) is 18.3 Å². The van der Waals surface area contributed by atoms with Gasteiger partial charge in [-0.15, -0.1) is 0 Å². The third-order valence-electron chi connectivity index (χ3n) is 3.58.